The molecule has 4 rings (SSSR count). The lowest BCUT2D eigenvalue weighted by Gasteiger charge is -2.38. The van der Waals surface area contributed by atoms with Gasteiger partial charge in [0.05, 0.1) is 24.7 Å². The number of nitrogens with zero attached hydrogens (tertiary/aromatic N) is 2. The summed E-state index contributed by atoms with van der Waals surface area (Å²) in [5.41, 5.74) is 1.11. The third-order valence-corrected chi connectivity index (χ3v) is 6.96. The van der Waals surface area contributed by atoms with Crippen molar-refractivity contribution in [2.45, 2.75) is 37.8 Å². The van der Waals surface area contributed by atoms with E-state index >= 15 is 0 Å². The maximum absolute atomic E-state index is 12.7. The molecule has 156 valence electrons. The van der Waals surface area contributed by atoms with Crippen molar-refractivity contribution in [3.8, 4) is 5.75 Å². The number of carbonyl (C=O) groups excluding carboxylic acids is 1. The molecule has 0 radical (unpaired) electrons. The summed E-state index contributed by atoms with van der Waals surface area (Å²) in [5.74, 6) is 1.21. The van der Waals surface area contributed by atoms with Crippen molar-refractivity contribution in [1.82, 2.24) is 14.6 Å². The van der Waals surface area contributed by atoms with Gasteiger partial charge in [0, 0.05) is 26.1 Å². The molecule has 3 heterocycles. The van der Waals surface area contributed by atoms with Gasteiger partial charge >= 0.3 is 0 Å². The lowest BCUT2D eigenvalue weighted by Crippen LogP contribution is -2.52. The van der Waals surface area contributed by atoms with Crippen LogP contribution >= 0.6 is 0 Å². The van der Waals surface area contributed by atoms with Crippen LogP contribution in [0.15, 0.2) is 27.5 Å². The van der Waals surface area contributed by atoms with Gasteiger partial charge in [-0.25, -0.2) is 13.4 Å². The number of sulfonamides is 1. The van der Waals surface area contributed by atoms with Crippen LogP contribution in [-0.4, -0.2) is 50.6 Å². The first kappa shape index (κ1) is 19.7. The SMILES string of the molecule is COc1ccc2c(c1)N[C@@H](C1CCN(C(=O)c3oc(C)nc3C)CC1)NS2(=O)=O. The summed E-state index contributed by atoms with van der Waals surface area (Å²) in [6, 6.07) is 4.84. The van der Waals surface area contributed by atoms with Crippen LogP contribution in [0.5, 0.6) is 5.75 Å². The molecular weight excluding hydrogens is 396 g/mol. The first-order valence-electron chi connectivity index (χ1n) is 9.48. The number of likely N-dealkylation sites (tertiary alicyclic amines) is 1. The number of hydrogen-bond acceptors (Lipinski definition) is 7. The first-order chi connectivity index (χ1) is 13.8. The molecule has 0 bridgehead atoms. The van der Waals surface area contributed by atoms with E-state index in [1.807, 2.05) is 0 Å². The number of amides is 1. The minimum Gasteiger partial charge on any atom is -0.497 e. The molecule has 0 aliphatic carbocycles. The predicted molar refractivity (Wildman–Crippen MR) is 105 cm³/mol. The number of piperidine rings is 1. The highest BCUT2D eigenvalue weighted by atomic mass is 32.2. The Hall–Kier alpha value is -2.59. The average molecular weight is 420 g/mol. The van der Waals surface area contributed by atoms with E-state index < -0.39 is 16.2 Å². The van der Waals surface area contributed by atoms with Crippen LogP contribution in [0.25, 0.3) is 0 Å². The third-order valence-electron chi connectivity index (χ3n) is 5.47. The summed E-state index contributed by atoms with van der Waals surface area (Å²) in [7, 11) is -2.07. The van der Waals surface area contributed by atoms with E-state index in [0.717, 1.165) is 0 Å². The fraction of sp³-hybridized carbons (Fsp3) is 0.474. The molecule has 1 atom stereocenters. The zero-order valence-electron chi connectivity index (χ0n) is 16.6. The number of rotatable bonds is 3. The second kappa shape index (κ2) is 7.34. The quantitative estimate of drug-likeness (QED) is 0.779. The van der Waals surface area contributed by atoms with Crippen molar-refractivity contribution in [3.63, 3.8) is 0 Å². The Balaban J connectivity index is 1.46. The van der Waals surface area contributed by atoms with Crippen molar-refractivity contribution in [2.24, 2.45) is 5.92 Å². The maximum Gasteiger partial charge on any atom is 0.291 e. The van der Waals surface area contributed by atoms with E-state index in [2.05, 4.69) is 15.0 Å². The molecule has 1 aromatic carbocycles. The van der Waals surface area contributed by atoms with Crippen molar-refractivity contribution < 1.29 is 22.4 Å². The second-order valence-corrected chi connectivity index (χ2v) is 9.06. The fourth-order valence-corrected chi connectivity index (χ4v) is 5.30. The first-order valence-corrected chi connectivity index (χ1v) is 11.0. The Morgan fingerprint density at radius 3 is 2.62 bits per heavy atom. The standard InChI is InChI=1S/C19H24N4O5S/c1-11-17(28-12(2)20-11)19(24)23-8-6-13(7-9-23)18-21-15-10-14(27-3)4-5-16(15)29(25,26)22-18/h4-5,10,13,18,21-22H,6-9H2,1-3H3/t18-/m1/s1. The predicted octanol–water partition coefficient (Wildman–Crippen LogP) is 1.88. The molecule has 2 aliphatic rings. The number of carbonyl (C=O) groups is 1. The van der Waals surface area contributed by atoms with Gasteiger partial charge in [0.15, 0.2) is 5.89 Å². The van der Waals surface area contributed by atoms with Crippen LogP contribution < -0.4 is 14.8 Å². The Labute approximate surface area is 169 Å². The summed E-state index contributed by atoms with van der Waals surface area (Å²) in [6.07, 6.45) is 0.889. The second-order valence-electron chi connectivity index (χ2n) is 7.38. The fourth-order valence-electron chi connectivity index (χ4n) is 3.93. The molecule has 1 amide bonds. The highest BCUT2D eigenvalue weighted by molar-refractivity contribution is 7.89. The van der Waals surface area contributed by atoms with Crippen molar-refractivity contribution in [1.29, 1.82) is 0 Å². The molecule has 0 spiro atoms. The van der Waals surface area contributed by atoms with E-state index in [-0.39, 0.29) is 22.5 Å². The Kier molecular flexibility index (Phi) is 4.99. The summed E-state index contributed by atoms with van der Waals surface area (Å²) in [5, 5.41) is 3.28. The Morgan fingerprint density at radius 2 is 2.00 bits per heavy atom. The van der Waals surface area contributed by atoms with E-state index in [1.165, 1.54) is 6.07 Å². The average Bonchev–Trinajstić information content (AvgIpc) is 3.04. The van der Waals surface area contributed by atoms with Crippen molar-refractivity contribution in [3.05, 3.63) is 35.5 Å². The summed E-state index contributed by atoms with van der Waals surface area (Å²) >= 11 is 0. The third kappa shape index (κ3) is 3.69. The van der Waals surface area contributed by atoms with E-state index in [0.29, 0.717) is 49.0 Å². The molecule has 10 heteroatoms. The number of fused-ring (bicyclic) bond motifs is 1. The largest absolute Gasteiger partial charge is 0.497 e. The van der Waals surface area contributed by atoms with Crippen LogP contribution in [0.1, 0.15) is 35.0 Å². The molecule has 0 saturated carbocycles. The topological polar surface area (TPSA) is 114 Å². The lowest BCUT2D eigenvalue weighted by molar-refractivity contribution is 0.0645. The number of benzene rings is 1. The van der Waals surface area contributed by atoms with E-state index in [4.69, 9.17) is 9.15 Å². The van der Waals surface area contributed by atoms with Gasteiger partial charge < -0.3 is 19.4 Å². The maximum atomic E-state index is 12.7. The van der Waals surface area contributed by atoms with Crippen LogP contribution in [-0.2, 0) is 10.0 Å². The lowest BCUT2D eigenvalue weighted by atomic mass is 9.93. The van der Waals surface area contributed by atoms with E-state index in [9.17, 15) is 13.2 Å². The minimum absolute atomic E-state index is 0.0470. The number of hydrogen-bond donors (Lipinski definition) is 2. The van der Waals surface area contributed by atoms with Gasteiger partial charge in [0.2, 0.25) is 15.8 Å². The normalized spacial score (nSPS) is 21.3. The number of nitrogens with one attached hydrogen (secondary N) is 2. The van der Waals surface area contributed by atoms with Gasteiger partial charge in [0.25, 0.3) is 5.91 Å². The van der Waals surface area contributed by atoms with Gasteiger partial charge in [-0.05, 0) is 37.8 Å². The smallest absolute Gasteiger partial charge is 0.291 e. The van der Waals surface area contributed by atoms with Gasteiger partial charge in [0.1, 0.15) is 10.6 Å². The van der Waals surface area contributed by atoms with Crippen molar-refractivity contribution in [2.75, 3.05) is 25.5 Å². The molecule has 9 nitrogen and oxygen atoms in total. The van der Waals surface area contributed by atoms with Gasteiger partial charge in [-0.1, -0.05) is 0 Å². The molecular formula is C19H24N4O5S. The zero-order chi connectivity index (χ0) is 20.8. The van der Waals surface area contributed by atoms with Crippen LogP contribution in [0.3, 0.4) is 0 Å². The molecule has 2 aliphatic heterocycles. The monoisotopic (exact) mass is 420 g/mol. The zero-order valence-corrected chi connectivity index (χ0v) is 17.4. The van der Waals surface area contributed by atoms with Gasteiger partial charge in [-0.15, -0.1) is 0 Å². The number of aryl methyl sites for hydroxylation is 2. The molecule has 2 aromatic rings. The Morgan fingerprint density at radius 1 is 1.28 bits per heavy atom. The number of anilines is 1. The van der Waals surface area contributed by atoms with Crippen LogP contribution in [0.4, 0.5) is 5.69 Å². The molecule has 1 aromatic heterocycles. The number of ether oxygens (including phenoxy) is 1. The highest BCUT2D eigenvalue weighted by Crippen LogP contribution is 2.33. The van der Waals surface area contributed by atoms with Gasteiger partial charge in [-0.3, -0.25) is 4.79 Å². The van der Waals surface area contributed by atoms with Crippen LogP contribution in [0, 0.1) is 19.8 Å². The number of oxazole rings is 1. The summed E-state index contributed by atoms with van der Waals surface area (Å²) < 4.78 is 38.7. The van der Waals surface area contributed by atoms with Crippen molar-refractivity contribution >= 4 is 21.6 Å². The van der Waals surface area contributed by atoms with E-state index in [1.54, 1.807) is 38.0 Å². The highest BCUT2D eigenvalue weighted by Gasteiger charge is 2.36. The molecule has 1 fully saturated rings. The summed E-state index contributed by atoms with van der Waals surface area (Å²) in [6.45, 7) is 4.51. The molecule has 1 saturated heterocycles. The van der Waals surface area contributed by atoms with Crippen LogP contribution in [0.2, 0.25) is 0 Å². The minimum atomic E-state index is -3.61. The molecule has 2 N–H and O–H groups in total. The summed E-state index contributed by atoms with van der Waals surface area (Å²) in [4.78, 5) is 18.8. The molecule has 29 heavy (non-hydrogen) atoms. The van der Waals surface area contributed by atoms with Gasteiger partial charge in [-0.2, -0.15) is 4.72 Å². The number of aromatic nitrogens is 1. The molecule has 0 unspecified atom stereocenters. The Bertz CT molecular complexity index is 1040. The number of methoxy groups -OCH3 is 1.